The van der Waals surface area contributed by atoms with Gasteiger partial charge in [0.25, 0.3) is 0 Å². The van der Waals surface area contributed by atoms with Gasteiger partial charge < -0.3 is 15.2 Å². The van der Waals surface area contributed by atoms with Gasteiger partial charge in [0.15, 0.2) is 0 Å². The Morgan fingerprint density at radius 1 is 1.59 bits per heavy atom. The molecule has 90 valence electrons. The van der Waals surface area contributed by atoms with E-state index in [-0.39, 0.29) is 0 Å². The average Bonchev–Trinajstić information content (AvgIpc) is 2.28. The monoisotopic (exact) mass is 252 g/mol. The summed E-state index contributed by atoms with van der Waals surface area (Å²) in [5.41, 5.74) is 6.22. The van der Waals surface area contributed by atoms with E-state index in [1.165, 1.54) is 0 Å². The third kappa shape index (κ3) is 1.98. The Morgan fingerprint density at radius 3 is 2.76 bits per heavy atom. The summed E-state index contributed by atoms with van der Waals surface area (Å²) in [6, 6.07) is 6.99. The molecule has 17 heavy (non-hydrogen) atoms. The van der Waals surface area contributed by atoms with Crippen molar-refractivity contribution in [2.45, 2.75) is 6.04 Å². The Hall–Kier alpha value is -1.28. The van der Waals surface area contributed by atoms with Crippen LogP contribution in [0, 0.1) is 16.7 Å². The zero-order valence-corrected chi connectivity index (χ0v) is 10.2. The van der Waals surface area contributed by atoms with Gasteiger partial charge in [-0.2, -0.15) is 5.26 Å². The molecule has 1 fully saturated rings. The summed E-state index contributed by atoms with van der Waals surface area (Å²) in [5.74, 6) is 0.642. The van der Waals surface area contributed by atoms with Crippen LogP contribution in [0.2, 0.25) is 5.02 Å². The first-order valence-corrected chi connectivity index (χ1v) is 5.59. The quantitative estimate of drug-likeness (QED) is 0.892. The number of halogens is 1. The molecule has 0 bridgehead atoms. The van der Waals surface area contributed by atoms with E-state index in [9.17, 15) is 5.26 Å². The summed E-state index contributed by atoms with van der Waals surface area (Å²) in [7, 11) is 1.57. The van der Waals surface area contributed by atoms with E-state index in [0.29, 0.717) is 24.0 Å². The molecule has 1 aromatic carbocycles. The number of methoxy groups -OCH3 is 1. The molecule has 0 aliphatic carbocycles. The molecule has 2 N–H and O–H groups in total. The van der Waals surface area contributed by atoms with Crippen molar-refractivity contribution in [3.8, 4) is 11.8 Å². The number of ether oxygens (including phenoxy) is 2. The van der Waals surface area contributed by atoms with E-state index in [0.717, 1.165) is 5.56 Å². The van der Waals surface area contributed by atoms with Crippen LogP contribution >= 0.6 is 11.6 Å². The maximum Gasteiger partial charge on any atom is 0.123 e. The maximum absolute atomic E-state index is 9.22. The van der Waals surface area contributed by atoms with Crippen molar-refractivity contribution in [1.82, 2.24) is 0 Å². The summed E-state index contributed by atoms with van der Waals surface area (Å²) in [6.07, 6.45) is 0. The van der Waals surface area contributed by atoms with Gasteiger partial charge >= 0.3 is 0 Å². The van der Waals surface area contributed by atoms with Crippen molar-refractivity contribution in [2.24, 2.45) is 11.1 Å². The van der Waals surface area contributed by atoms with E-state index in [1.807, 2.05) is 0 Å². The van der Waals surface area contributed by atoms with Gasteiger partial charge in [-0.25, -0.2) is 0 Å². The first kappa shape index (κ1) is 12.2. The van der Waals surface area contributed by atoms with Crippen molar-refractivity contribution >= 4 is 11.6 Å². The van der Waals surface area contributed by atoms with Crippen LogP contribution in [0.3, 0.4) is 0 Å². The van der Waals surface area contributed by atoms with Gasteiger partial charge in [0, 0.05) is 10.6 Å². The molecule has 0 radical (unpaired) electrons. The van der Waals surface area contributed by atoms with Crippen LogP contribution in [0.5, 0.6) is 5.75 Å². The Labute approximate surface area is 105 Å². The Bertz CT molecular complexity index is 466. The van der Waals surface area contributed by atoms with Crippen molar-refractivity contribution in [3.63, 3.8) is 0 Å². The van der Waals surface area contributed by atoms with Crippen LogP contribution in [-0.2, 0) is 4.74 Å². The lowest BCUT2D eigenvalue weighted by molar-refractivity contribution is -0.0912. The lowest BCUT2D eigenvalue weighted by atomic mass is 9.77. The molecule has 0 spiro atoms. The number of hydrogen-bond donors (Lipinski definition) is 1. The molecular formula is C12H13ClN2O2. The molecule has 5 heteroatoms. The van der Waals surface area contributed by atoms with E-state index in [1.54, 1.807) is 25.3 Å². The topological polar surface area (TPSA) is 68.3 Å². The van der Waals surface area contributed by atoms with Gasteiger partial charge in [-0.15, -0.1) is 0 Å². The van der Waals surface area contributed by atoms with Crippen molar-refractivity contribution in [3.05, 3.63) is 28.8 Å². The summed E-state index contributed by atoms with van der Waals surface area (Å²) in [6.45, 7) is 0.695. The number of nitrogens with zero attached hydrogens (tertiary/aromatic N) is 1. The third-order valence-corrected chi connectivity index (χ3v) is 3.30. The molecule has 1 unspecified atom stereocenters. The minimum atomic E-state index is -0.669. The van der Waals surface area contributed by atoms with Crippen LogP contribution in [0.15, 0.2) is 18.2 Å². The lowest BCUT2D eigenvalue weighted by Crippen LogP contribution is -2.49. The highest BCUT2D eigenvalue weighted by Gasteiger charge is 2.46. The molecule has 1 aliphatic heterocycles. The molecular weight excluding hydrogens is 240 g/mol. The lowest BCUT2D eigenvalue weighted by Gasteiger charge is -2.40. The van der Waals surface area contributed by atoms with Crippen molar-refractivity contribution in [2.75, 3.05) is 20.3 Å². The molecule has 1 atom stereocenters. The molecule has 1 aliphatic rings. The summed E-state index contributed by atoms with van der Waals surface area (Å²) < 4.78 is 10.3. The van der Waals surface area contributed by atoms with Crippen LogP contribution in [0.4, 0.5) is 0 Å². The highest BCUT2D eigenvalue weighted by atomic mass is 35.5. The molecule has 0 aromatic heterocycles. The SMILES string of the molecule is COc1ccc(Cl)cc1C(N)C1(C#N)COC1. The highest BCUT2D eigenvalue weighted by Crippen LogP contribution is 2.42. The number of nitriles is 1. The number of rotatable bonds is 3. The number of nitrogens with two attached hydrogens (primary N) is 1. The summed E-state index contributed by atoms with van der Waals surface area (Å²) >= 11 is 5.95. The van der Waals surface area contributed by atoms with Crippen LogP contribution in [-0.4, -0.2) is 20.3 Å². The Kier molecular flexibility index (Phi) is 3.25. The van der Waals surface area contributed by atoms with Crippen LogP contribution in [0.1, 0.15) is 11.6 Å². The first-order chi connectivity index (χ1) is 8.13. The predicted molar refractivity (Wildman–Crippen MR) is 63.8 cm³/mol. The Morgan fingerprint density at radius 2 is 2.29 bits per heavy atom. The maximum atomic E-state index is 9.22. The van der Waals surface area contributed by atoms with Crippen LogP contribution in [0.25, 0.3) is 0 Å². The minimum Gasteiger partial charge on any atom is -0.496 e. The molecule has 1 aromatic rings. The normalized spacial score (nSPS) is 18.9. The fourth-order valence-electron chi connectivity index (χ4n) is 1.88. The largest absolute Gasteiger partial charge is 0.496 e. The fourth-order valence-corrected chi connectivity index (χ4v) is 2.06. The third-order valence-electron chi connectivity index (χ3n) is 3.06. The summed E-state index contributed by atoms with van der Waals surface area (Å²) in [5, 5.41) is 9.79. The molecule has 2 rings (SSSR count). The van der Waals surface area contributed by atoms with Crippen molar-refractivity contribution in [1.29, 1.82) is 5.26 Å². The fraction of sp³-hybridized carbons (Fsp3) is 0.417. The standard InChI is InChI=1S/C12H13ClN2O2/c1-16-10-3-2-8(13)4-9(10)11(15)12(5-14)6-17-7-12/h2-4,11H,6-7,15H2,1H3. The van der Waals surface area contributed by atoms with Crippen molar-refractivity contribution < 1.29 is 9.47 Å². The molecule has 1 saturated heterocycles. The second kappa shape index (κ2) is 4.53. The molecule has 4 nitrogen and oxygen atoms in total. The highest BCUT2D eigenvalue weighted by molar-refractivity contribution is 6.30. The minimum absolute atomic E-state index is 0.348. The van der Waals surface area contributed by atoms with Gasteiger partial charge in [0.2, 0.25) is 0 Å². The summed E-state index contributed by atoms with van der Waals surface area (Å²) in [4.78, 5) is 0. The smallest absolute Gasteiger partial charge is 0.123 e. The van der Waals surface area contributed by atoms with Gasteiger partial charge in [-0.3, -0.25) is 0 Å². The molecule has 1 heterocycles. The average molecular weight is 253 g/mol. The molecule has 0 amide bonds. The molecule has 0 saturated carbocycles. The van der Waals surface area contributed by atoms with E-state index < -0.39 is 11.5 Å². The first-order valence-electron chi connectivity index (χ1n) is 5.21. The van der Waals surface area contributed by atoms with Gasteiger partial charge in [0.1, 0.15) is 11.2 Å². The number of hydrogen-bond acceptors (Lipinski definition) is 4. The van der Waals surface area contributed by atoms with E-state index >= 15 is 0 Å². The second-order valence-electron chi connectivity index (χ2n) is 4.12. The Balaban J connectivity index is 2.39. The van der Waals surface area contributed by atoms with Crippen LogP contribution < -0.4 is 10.5 Å². The zero-order valence-electron chi connectivity index (χ0n) is 9.44. The second-order valence-corrected chi connectivity index (χ2v) is 4.56. The predicted octanol–water partition coefficient (Wildman–Crippen LogP) is 1.89. The van der Waals surface area contributed by atoms with E-state index in [2.05, 4.69) is 6.07 Å². The van der Waals surface area contributed by atoms with Gasteiger partial charge in [-0.1, -0.05) is 11.6 Å². The van der Waals surface area contributed by atoms with Gasteiger partial charge in [0.05, 0.1) is 32.4 Å². The van der Waals surface area contributed by atoms with E-state index in [4.69, 9.17) is 26.8 Å². The number of benzene rings is 1. The zero-order chi connectivity index (χ0) is 12.5. The van der Waals surface area contributed by atoms with Gasteiger partial charge in [-0.05, 0) is 18.2 Å².